The Hall–Kier alpha value is -4.27. The van der Waals surface area contributed by atoms with Gasteiger partial charge in [0.2, 0.25) is 0 Å². The lowest BCUT2D eigenvalue weighted by Gasteiger charge is -2.20. The minimum absolute atomic E-state index is 0.0134. The molecule has 0 saturated carbocycles. The van der Waals surface area contributed by atoms with Crippen molar-refractivity contribution in [1.82, 2.24) is 25.1 Å². The van der Waals surface area contributed by atoms with Gasteiger partial charge in [0, 0.05) is 25.0 Å². The molecular formula is C19H18F2N8O2. The number of pyridine rings is 2. The number of aromatic nitrogens is 4. The summed E-state index contributed by atoms with van der Waals surface area (Å²) in [5.41, 5.74) is 0.328. The maximum atomic E-state index is 14.6. The number of aryl methyl sites for hydroxylation is 1. The van der Waals surface area contributed by atoms with Crippen molar-refractivity contribution in [3.63, 3.8) is 0 Å². The van der Waals surface area contributed by atoms with Crippen molar-refractivity contribution in [3.8, 4) is 6.07 Å². The van der Waals surface area contributed by atoms with Gasteiger partial charge in [0.05, 0.1) is 35.7 Å². The molecule has 31 heavy (non-hydrogen) atoms. The first-order valence-corrected chi connectivity index (χ1v) is 9.06. The predicted molar refractivity (Wildman–Crippen MR) is 107 cm³/mol. The highest BCUT2D eigenvalue weighted by atomic mass is 19.1. The smallest absolute Gasteiger partial charge is 0.404 e. The topological polar surface area (TPSA) is 141 Å². The molecule has 10 nitrogen and oxygen atoms in total. The van der Waals surface area contributed by atoms with Crippen molar-refractivity contribution in [2.45, 2.75) is 19.5 Å². The maximum absolute atomic E-state index is 14.6. The molecule has 1 atom stereocenters. The van der Waals surface area contributed by atoms with Gasteiger partial charge in [-0.25, -0.2) is 18.6 Å². The first-order valence-electron chi connectivity index (χ1n) is 9.06. The van der Waals surface area contributed by atoms with Crippen LogP contribution in [0.25, 0.3) is 0 Å². The highest BCUT2D eigenvalue weighted by molar-refractivity contribution is 5.65. The Bertz CT molecular complexity index is 1110. The summed E-state index contributed by atoms with van der Waals surface area (Å²) in [7, 11) is 0. The summed E-state index contributed by atoms with van der Waals surface area (Å²) in [6, 6.07) is 5.07. The van der Waals surface area contributed by atoms with Crippen LogP contribution in [0.2, 0.25) is 0 Å². The summed E-state index contributed by atoms with van der Waals surface area (Å²) in [6.45, 7) is 1.65. The van der Waals surface area contributed by atoms with Gasteiger partial charge in [0.25, 0.3) is 0 Å². The van der Waals surface area contributed by atoms with Crippen molar-refractivity contribution < 1.29 is 18.7 Å². The molecule has 0 bridgehead atoms. The monoisotopic (exact) mass is 428 g/mol. The molecule has 0 radical (unpaired) electrons. The fourth-order valence-corrected chi connectivity index (χ4v) is 2.68. The van der Waals surface area contributed by atoms with Crippen LogP contribution in [0, 0.1) is 29.9 Å². The van der Waals surface area contributed by atoms with E-state index in [1.165, 1.54) is 19.2 Å². The minimum Gasteiger partial charge on any atom is -0.465 e. The van der Waals surface area contributed by atoms with E-state index in [1.807, 2.05) is 6.07 Å². The van der Waals surface area contributed by atoms with Crippen LogP contribution in [-0.2, 0) is 6.54 Å². The zero-order valence-corrected chi connectivity index (χ0v) is 16.3. The Morgan fingerprint density at radius 1 is 1.32 bits per heavy atom. The van der Waals surface area contributed by atoms with E-state index in [2.05, 4.69) is 31.0 Å². The number of carboxylic acid groups (broad SMARTS) is 1. The molecule has 3 heterocycles. The molecule has 4 N–H and O–H groups in total. The van der Waals surface area contributed by atoms with Crippen LogP contribution in [0.3, 0.4) is 0 Å². The van der Waals surface area contributed by atoms with E-state index in [9.17, 15) is 18.8 Å². The van der Waals surface area contributed by atoms with E-state index in [0.29, 0.717) is 0 Å². The summed E-state index contributed by atoms with van der Waals surface area (Å²) in [4.78, 5) is 18.9. The maximum Gasteiger partial charge on any atom is 0.404 e. The van der Waals surface area contributed by atoms with Gasteiger partial charge in [-0.3, -0.25) is 9.67 Å². The zero-order valence-electron chi connectivity index (χ0n) is 16.3. The molecule has 1 unspecified atom stereocenters. The summed E-state index contributed by atoms with van der Waals surface area (Å²) in [5, 5.41) is 30.1. The molecule has 3 aromatic rings. The molecule has 0 fully saturated rings. The van der Waals surface area contributed by atoms with Crippen molar-refractivity contribution in [2.24, 2.45) is 0 Å². The van der Waals surface area contributed by atoms with Crippen LogP contribution in [0.15, 0.2) is 36.8 Å². The Kier molecular flexibility index (Phi) is 6.56. The van der Waals surface area contributed by atoms with Gasteiger partial charge in [-0.1, -0.05) is 0 Å². The lowest BCUT2D eigenvalue weighted by molar-refractivity contribution is 0.193. The van der Waals surface area contributed by atoms with E-state index in [1.54, 1.807) is 23.1 Å². The van der Waals surface area contributed by atoms with Crippen LogP contribution in [0.4, 0.5) is 30.9 Å². The largest absolute Gasteiger partial charge is 0.465 e. The summed E-state index contributed by atoms with van der Waals surface area (Å²) >= 11 is 0. The van der Waals surface area contributed by atoms with Crippen LogP contribution >= 0.6 is 0 Å². The van der Waals surface area contributed by atoms with Crippen LogP contribution in [0.5, 0.6) is 0 Å². The lowest BCUT2D eigenvalue weighted by Crippen LogP contribution is -2.39. The third kappa shape index (κ3) is 5.63. The molecule has 0 aliphatic carbocycles. The average molecular weight is 428 g/mol. The van der Waals surface area contributed by atoms with E-state index in [4.69, 9.17) is 5.11 Å². The average Bonchev–Trinajstić information content (AvgIpc) is 3.24. The van der Waals surface area contributed by atoms with Crippen molar-refractivity contribution >= 4 is 23.4 Å². The number of halogens is 2. The third-order valence-corrected chi connectivity index (χ3v) is 4.19. The lowest BCUT2D eigenvalue weighted by atomic mass is 10.2. The van der Waals surface area contributed by atoms with Gasteiger partial charge in [0.1, 0.15) is 11.9 Å². The number of hydrogen-bond donors (Lipinski definition) is 4. The molecular weight excluding hydrogens is 410 g/mol. The molecule has 1 amide bonds. The van der Waals surface area contributed by atoms with Gasteiger partial charge in [-0.05, 0) is 19.1 Å². The number of amides is 1. The number of carbonyl (C=O) groups is 1. The van der Waals surface area contributed by atoms with Gasteiger partial charge < -0.3 is 21.1 Å². The normalized spacial score (nSPS) is 11.4. The number of anilines is 3. The number of nitrogens with zero attached hydrogens (tertiary/aromatic N) is 5. The molecule has 0 aliphatic rings. The Morgan fingerprint density at radius 3 is 2.77 bits per heavy atom. The molecule has 3 rings (SSSR count). The predicted octanol–water partition coefficient (Wildman–Crippen LogP) is 2.62. The SMILES string of the molecule is Cc1ncc(Nc2nc(NC(CNC(=O)O)Cn3cccn3)c(F)cc2C#N)cc1F. The van der Waals surface area contributed by atoms with E-state index in [0.717, 1.165) is 6.07 Å². The Balaban J connectivity index is 1.87. The third-order valence-electron chi connectivity index (χ3n) is 4.19. The van der Waals surface area contributed by atoms with Gasteiger partial charge in [-0.15, -0.1) is 0 Å². The van der Waals surface area contributed by atoms with E-state index >= 15 is 0 Å². The highest BCUT2D eigenvalue weighted by Crippen LogP contribution is 2.24. The first kappa shape index (κ1) is 21.4. The molecule has 0 aromatic carbocycles. The van der Waals surface area contributed by atoms with E-state index < -0.39 is 23.8 Å². The van der Waals surface area contributed by atoms with Gasteiger partial charge in [-0.2, -0.15) is 10.4 Å². The summed E-state index contributed by atoms with van der Waals surface area (Å²) in [5.74, 6) is -1.59. The fourth-order valence-electron chi connectivity index (χ4n) is 2.68. The van der Waals surface area contributed by atoms with Crippen molar-refractivity contribution in [3.05, 3.63) is 59.7 Å². The zero-order chi connectivity index (χ0) is 22.4. The second-order valence-corrected chi connectivity index (χ2v) is 6.50. The molecule has 0 saturated heterocycles. The number of nitrogens with one attached hydrogen (secondary N) is 3. The standard InChI is InChI=1S/C19H18F2N8O2/c1-11-15(20)6-13(8-23-11)26-17-12(7-22)5-16(21)18(28-17)27-14(9-24-19(30)31)10-29-4-2-3-25-29/h2-6,8,14,24H,9-10H2,1H3,(H,30,31)(H2,26,27,28). The first-order chi connectivity index (χ1) is 14.9. The fraction of sp³-hybridized carbons (Fsp3) is 0.211. The summed E-state index contributed by atoms with van der Waals surface area (Å²) in [6.07, 6.45) is 3.34. The summed E-state index contributed by atoms with van der Waals surface area (Å²) < 4.78 is 29.9. The number of nitriles is 1. The number of rotatable bonds is 8. The highest BCUT2D eigenvalue weighted by Gasteiger charge is 2.18. The van der Waals surface area contributed by atoms with Crippen LogP contribution < -0.4 is 16.0 Å². The molecule has 0 spiro atoms. The van der Waals surface area contributed by atoms with Crippen molar-refractivity contribution in [2.75, 3.05) is 17.2 Å². The van der Waals surface area contributed by atoms with Crippen LogP contribution in [0.1, 0.15) is 11.3 Å². The quantitative estimate of drug-likeness (QED) is 0.429. The molecule has 12 heteroatoms. The van der Waals surface area contributed by atoms with Gasteiger partial charge >= 0.3 is 6.09 Å². The van der Waals surface area contributed by atoms with E-state index in [-0.39, 0.29) is 41.7 Å². The Morgan fingerprint density at radius 2 is 2.13 bits per heavy atom. The molecule has 0 aliphatic heterocycles. The Labute approximate surface area is 175 Å². The number of hydrogen-bond acceptors (Lipinski definition) is 7. The second kappa shape index (κ2) is 9.49. The molecule has 3 aromatic heterocycles. The van der Waals surface area contributed by atoms with Gasteiger partial charge in [0.15, 0.2) is 17.5 Å². The van der Waals surface area contributed by atoms with Crippen LogP contribution in [-0.4, -0.2) is 43.5 Å². The van der Waals surface area contributed by atoms with Crippen molar-refractivity contribution in [1.29, 1.82) is 5.26 Å². The minimum atomic E-state index is -1.24. The second-order valence-electron chi connectivity index (χ2n) is 6.50. The molecule has 160 valence electrons.